The summed E-state index contributed by atoms with van der Waals surface area (Å²) in [5.41, 5.74) is -0.573. The quantitative estimate of drug-likeness (QED) is 0.833. The number of amides is 1. The molecule has 0 bridgehead atoms. The molecule has 1 aromatic rings. The van der Waals surface area contributed by atoms with Gasteiger partial charge in [0.1, 0.15) is 12.1 Å². The van der Waals surface area contributed by atoms with Crippen molar-refractivity contribution in [1.82, 2.24) is 9.88 Å². The number of nitrogens with zero attached hydrogens (tertiary/aromatic N) is 1. The maximum absolute atomic E-state index is 12.0. The highest BCUT2D eigenvalue weighted by Crippen LogP contribution is 2.17. The van der Waals surface area contributed by atoms with Crippen LogP contribution < -0.4 is 10.9 Å². The van der Waals surface area contributed by atoms with E-state index in [1.807, 2.05) is 0 Å². The first kappa shape index (κ1) is 13.3. The van der Waals surface area contributed by atoms with E-state index >= 15 is 0 Å². The third-order valence-electron chi connectivity index (χ3n) is 3.26. The van der Waals surface area contributed by atoms with Crippen molar-refractivity contribution in [2.45, 2.75) is 38.3 Å². The van der Waals surface area contributed by atoms with E-state index in [-0.39, 0.29) is 11.6 Å². The summed E-state index contributed by atoms with van der Waals surface area (Å²) in [7, 11) is 0. The molecule has 6 heteroatoms. The lowest BCUT2D eigenvalue weighted by Gasteiger charge is -2.12. The summed E-state index contributed by atoms with van der Waals surface area (Å²) in [6.07, 6.45) is 5.40. The van der Waals surface area contributed by atoms with E-state index in [4.69, 9.17) is 5.11 Å². The minimum atomic E-state index is -1.12. The van der Waals surface area contributed by atoms with E-state index in [1.165, 1.54) is 18.3 Å². The fourth-order valence-electron chi connectivity index (χ4n) is 2.31. The molecule has 1 saturated carbocycles. The van der Waals surface area contributed by atoms with Gasteiger partial charge in [-0.25, -0.2) is 0 Å². The third-order valence-corrected chi connectivity index (χ3v) is 3.26. The molecule has 1 aliphatic carbocycles. The zero-order valence-electron chi connectivity index (χ0n) is 10.5. The van der Waals surface area contributed by atoms with Crippen LogP contribution in [-0.4, -0.2) is 27.6 Å². The molecule has 0 unspecified atom stereocenters. The Labute approximate surface area is 110 Å². The van der Waals surface area contributed by atoms with Gasteiger partial charge in [0, 0.05) is 12.2 Å². The van der Waals surface area contributed by atoms with Crippen LogP contribution in [0.15, 0.2) is 23.1 Å². The van der Waals surface area contributed by atoms with Crippen LogP contribution in [0.4, 0.5) is 0 Å². The number of carbonyl (C=O) groups excluding carboxylic acids is 1. The molecule has 102 valence electrons. The van der Waals surface area contributed by atoms with Gasteiger partial charge in [-0.1, -0.05) is 12.8 Å². The van der Waals surface area contributed by atoms with E-state index < -0.39 is 24.0 Å². The Hall–Kier alpha value is -2.11. The number of carbonyl (C=O) groups is 2. The molecular weight excluding hydrogens is 248 g/mol. The maximum Gasteiger partial charge on any atom is 0.323 e. The summed E-state index contributed by atoms with van der Waals surface area (Å²) in [4.78, 5) is 34.6. The predicted molar refractivity (Wildman–Crippen MR) is 68.1 cm³/mol. The van der Waals surface area contributed by atoms with Gasteiger partial charge in [-0.05, 0) is 25.0 Å². The summed E-state index contributed by atoms with van der Waals surface area (Å²) in [6.45, 7) is -0.441. The van der Waals surface area contributed by atoms with Crippen molar-refractivity contribution in [2.24, 2.45) is 0 Å². The molecule has 2 rings (SSSR count). The second kappa shape index (κ2) is 5.69. The van der Waals surface area contributed by atoms with Gasteiger partial charge in [0.2, 0.25) is 0 Å². The number of nitrogens with one attached hydrogen (secondary N) is 1. The average Bonchev–Trinajstić information content (AvgIpc) is 2.84. The molecule has 0 atom stereocenters. The van der Waals surface area contributed by atoms with Crippen LogP contribution in [0.1, 0.15) is 36.0 Å². The number of hydrogen-bond acceptors (Lipinski definition) is 3. The van der Waals surface area contributed by atoms with Gasteiger partial charge >= 0.3 is 5.97 Å². The van der Waals surface area contributed by atoms with Crippen molar-refractivity contribution in [2.75, 3.05) is 0 Å². The lowest BCUT2D eigenvalue weighted by molar-refractivity contribution is -0.137. The second-order valence-electron chi connectivity index (χ2n) is 4.70. The Morgan fingerprint density at radius 1 is 1.37 bits per heavy atom. The number of hydrogen-bond donors (Lipinski definition) is 2. The second-order valence-corrected chi connectivity index (χ2v) is 4.70. The summed E-state index contributed by atoms with van der Waals surface area (Å²) in [5.74, 6) is -1.54. The standard InChI is InChI=1S/C13H16N2O4/c16-11(17)8-15-7-3-6-10(13(15)19)12(18)14-9-4-1-2-5-9/h3,6-7,9H,1-2,4-5,8H2,(H,14,18)(H,16,17). The van der Waals surface area contributed by atoms with Crippen LogP contribution in [0, 0.1) is 0 Å². The fourth-order valence-corrected chi connectivity index (χ4v) is 2.31. The first-order valence-corrected chi connectivity index (χ1v) is 6.30. The SMILES string of the molecule is O=C(O)Cn1cccc(C(=O)NC2CCCC2)c1=O. The average molecular weight is 264 g/mol. The molecule has 1 aromatic heterocycles. The van der Waals surface area contributed by atoms with Crippen molar-refractivity contribution in [3.8, 4) is 0 Å². The molecule has 1 fully saturated rings. The minimum absolute atomic E-state index is 0.00403. The molecule has 2 N–H and O–H groups in total. The van der Waals surface area contributed by atoms with Crippen molar-refractivity contribution < 1.29 is 14.7 Å². The van der Waals surface area contributed by atoms with Crippen molar-refractivity contribution in [3.05, 3.63) is 34.2 Å². The molecule has 19 heavy (non-hydrogen) atoms. The Morgan fingerprint density at radius 3 is 2.68 bits per heavy atom. The van der Waals surface area contributed by atoms with E-state index in [0.717, 1.165) is 30.3 Å². The normalized spacial score (nSPS) is 15.4. The highest BCUT2D eigenvalue weighted by atomic mass is 16.4. The first-order chi connectivity index (χ1) is 9.08. The van der Waals surface area contributed by atoms with Crippen LogP contribution in [0.2, 0.25) is 0 Å². The van der Waals surface area contributed by atoms with Crippen LogP contribution in [0.3, 0.4) is 0 Å². The van der Waals surface area contributed by atoms with Crippen LogP contribution in [-0.2, 0) is 11.3 Å². The minimum Gasteiger partial charge on any atom is -0.480 e. The predicted octanol–water partition coefficient (Wildman–Crippen LogP) is 0.605. The molecule has 1 aliphatic rings. The number of carboxylic acids is 1. The maximum atomic E-state index is 12.0. The number of aromatic nitrogens is 1. The number of carboxylic acid groups (broad SMARTS) is 1. The lowest BCUT2D eigenvalue weighted by Crippen LogP contribution is -2.38. The largest absolute Gasteiger partial charge is 0.480 e. The van der Waals surface area contributed by atoms with Gasteiger partial charge in [-0.15, -0.1) is 0 Å². The smallest absolute Gasteiger partial charge is 0.323 e. The van der Waals surface area contributed by atoms with Gasteiger partial charge in [-0.3, -0.25) is 14.4 Å². The number of rotatable bonds is 4. The molecule has 0 aliphatic heterocycles. The molecule has 0 saturated heterocycles. The topological polar surface area (TPSA) is 88.4 Å². The Balaban J connectivity index is 2.17. The fraction of sp³-hybridized carbons (Fsp3) is 0.462. The molecule has 1 heterocycles. The highest BCUT2D eigenvalue weighted by molar-refractivity contribution is 5.94. The number of aliphatic carboxylic acids is 1. The van der Waals surface area contributed by atoms with E-state index in [0.29, 0.717) is 0 Å². The monoisotopic (exact) mass is 264 g/mol. The van der Waals surface area contributed by atoms with E-state index in [2.05, 4.69) is 5.32 Å². The van der Waals surface area contributed by atoms with E-state index in [1.54, 1.807) is 0 Å². The van der Waals surface area contributed by atoms with Gasteiger partial charge in [0.25, 0.3) is 11.5 Å². The van der Waals surface area contributed by atoms with Crippen molar-refractivity contribution in [3.63, 3.8) is 0 Å². The van der Waals surface area contributed by atoms with Crippen LogP contribution >= 0.6 is 0 Å². The molecule has 0 spiro atoms. The van der Waals surface area contributed by atoms with Crippen molar-refractivity contribution in [1.29, 1.82) is 0 Å². The lowest BCUT2D eigenvalue weighted by atomic mass is 10.2. The zero-order chi connectivity index (χ0) is 13.8. The first-order valence-electron chi connectivity index (χ1n) is 6.30. The molecule has 6 nitrogen and oxygen atoms in total. The van der Waals surface area contributed by atoms with Gasteiger partial charge < -0.3 is 15.0 Å². The molecular formula is C13H16N2O4. The van der Waals surface area contributed by atoms with Crippen LogP contribution in [0.25, 0.3) is 0 Å². The Morgan fingerprint density at radius 2 is 2.05 bits per heavy atom. The van der Waals surface area contributed by atoms with Crippen LogP contribution in [0.5, 0.6) is 0 Å². The third kappa shape index (κ3) is 3.21. The Kier molecular flexibility index (Phi) is 3.99. The highest BCUT2D eigenvalue weighted by Gasteiger charge is 2.20. The van der Waals surface area contributed by atoms with E-state index in [9.17, 15) is 14.4 Å². The summed E-state index contributed by atoms with van der Waals surface area (Å²) < 4.78 is 1.02. The summed E-state index contributed by atoms with van der Waals surface area (Å²) in [5, 5.41) is 11.5. The molecule has 1 amide bonds. The Bertz CT molecular complexity index is 544. The molecule has 0 aromatic carbocycles. The summed E-state index contributed by atoms with van der Waals surface area (Å²) >= 11 is 0. The van der Waals surface area contributed by atoms with Gasteiger partial charge in [0.05, 0.1) is 0 Å². The zero-order valence-corrected chi connectivity index (χ0v) is 10.5. The molecule has 0 radical (unpaired) electrons. The van der Waals surface area contributed by atoms with Gasteiger partial charge in [-0.2, -0.15) is 0 Å². The number of pyridine rings is 1. The van der Waals surface area contributed by atoms with Gasteiger partial charge in [0.15, 0.2) is 0 Å². The van der Waals surface area contributed by atoms with Crippen molar-refractivity contribution >= 4 is 11.9 Å². The summed E-state index contributed by atoms with van der Waals surface area (Å²) in [6, 6.07) is 3.05.